The fourth-order valence-electron chi connectivity index (χ4n) is 2.74. The Kier molecular flexibility index (Phi) is 4.52. The summed E-state index contributed by atoms with van der Waals surface area (Å²) in [6.45, 7) is 3.01. The molecule has 3 rings (SSSR count). The maximum atomic E-state index is 12.6. The van der Waals surface area contributed by atoms with E-state index in [1.54, 1.807) is 18.0 Å². The highest BCUT2D eigenvalue weighted by Gasteiger charge is 2.23. The zero-order valence-electron chi connectivity index (χ0n) is 13.2. The van der Waals surface area contributed by atoms with Gasteiger partial charge in [-0.2, -0.15) is 0 Å². The van der Waals surface area contributed by atoms with E-state index in [0.29, 0.717) is 38.4 Å². The molecule has 0 spiro atoms. The summed E-state index contributed by atoms with van der Waals surface area (Å²) >= 11 is 0. The Morgan fingerprint density at radius 2 is 1.83 bits per heavy atom. The normalized spacial score (nSPS) is 15.6. The average Bonchev–Trinajstić information content (AvgIpc) is 2.61. The first-order valence-electron chi connectivity index (χ1n) is 7.75. The van der Waals surface area contributed by atoms with Crippen LogP contribution in [0.15, 0.2) is 36.4 Å². The summed E-state index contributed by atoms with van der Waals surface area (Å²) in [4.78, 5) is 32.3. The number of hydrogen-bond donors (Lipinski definition) is 1. The maximum absolute atomic E-state index is 12.6. The lowest BCUT2D eigenvalue weighted by atomic mass is 10.2. The number of carbonyl (C=O) groups is 2. The lowest BCUT2D eigenvalue weighted by Crippen LogP contribution is -2.51. The molecule has 0 unspecified atom stereocenters. The number of piperazine rings is 1. The fourth-order valence-corrected chi connectivity index (χ4v) is 2.74. The molecule has 1 aromatic heterocycles. The van der Waals surface area contributed by atoms with Crippen molar-refractivity contribution < 1.29 is 9.59 Å². The molecule has 1 saturated heterocycles. The first-order valence-corrected chi connectivity index (χ1v) is 7.75. The summed E-state index contributed by atoms with van der Waals surface area (Å²) in [5.41, 5.74) is 1.31. The van der Waals surface area contributed by atoms with Crippen LogP contribution in [-0.2, 0) is 4.79 Å². The van der Waals surface area contributed by atoms with Gasteiger partial charge in [-0.1, -0.05) is 24.3 Å². The van der Waals surface area contributed by atoms with Crippen molar-refractivity contribution in [3.63, 3.8) is 0 Å². The zero-order chi connectivity index (χ0) is 16.2. The zero-order valence-corrected chi connectivity index (χ0v) is 13.2. The van der Waals surface area contributed by atoms with Gasteiger partial charge in [0.15, 0.2) is 0 Å². The number of pyridine rings is 1. The third-order valence-electron chi connectivity index (χ3n) is 4.12. The van der Waals surface area contributed by atoms with E-state index in [-0.39, 0.29) is 11.8 Å². The number of carbonyl (C=O) groups excluding carboxylic acids is 2. The molecule has 0 saturated carbocycles. The van der Waals surface area contributed by atoms with Gasteiger partial charge in [-0.15, -0.1) is 0 Å². The van der Waals surface area contributed by atoms with Crippen LogP contribution in [0.2, 0.25) is 0 Å². The Morgan fingerprint density at radius 1 is 1.09 bits per heavy atom. The van der Waals surface area contributed by atoms with E-state index in [9.17, 15) is 9.59 Å². The van der Waals surface area contributed by atoms with Crippen molar-refractivity contribution in [3.05, 3.63) is 42.1 Å². The van der Waals surface area contributed by atoms with Gasteiger partial charge >= 0.3 is 0 Å². The maximum Gasteiger partial charge on any atom is 0.272 e. The minimum Gasteiger partial charge on any atom is -0.358 e. The van der Waals surface area contributed by atoms with Crippen LogP contribution < -0.4 is 5.32 Å². The molecular formula is C17H20N4O2. The van der Waals surface area contributed by atoms with E-state index in [4.69, 9.17) is 0 Å². The van der Waals surface area contributed by atoms with E-state index in [0.717, 1.165) is 10.9 Å². The molecule has 6 nitrogen and oxygen atoms in total. The number of amides is 2. The van der Waals surface area contributed by atoms with Crippen molar-refractivity contribution >= 4 is 22.7 Å². The minimum atomic E-state index is -0.0460. The molecule has 1 aromatic carbocycles. The predicted molar refractivity (Wildman–Crippen MR) is 88.2 cm³/mol. The van der Waals surface area contributed by atoms with Gasteiger partial charge in [0.2, 0.25) is 5.91 Å². The third kappa shape index (κ3) is 3.48. The van der Waals surface area contributed by atoms with Crippen LogP contribution in [0.5, 0.6) is 0 Å². The number of nitrogens with one attached hydrogen (secondary N) is 1. The second-order valence-electron chi connectivity index (χ2n) is 5.63. The van der Waals surface area contributed by atoms with E-state index in [2.05, 4.69) is 15.2 Å². The summed E-state index contributed by atoms with van der Waals surface area (Å²) in [6, 6.07) is 11.5. The molecule has 2 amide bonds. The quantitative estimate of drug-likeness (QED) is 0.908. The van der Waals surface area contributed by atoms with Crippen molar-refractivity contribution in [3.8, 4) is 0 Å². The molecule has 1 fully saturated rings. The van der Waals surface area contributed by atoms with Crippen molar-refractivity contribution in [1.82, 2.24) is 20.1 Å². The first kappa shape index (κ1) is 15.4. The van der Waals surface area contributed by atoms with E-state index in [1.807, 2.05) is 30.3 Å². The number of hydrogen-bond acceptors (Lipinski definition) is 4. The monoisotopic (exact) mass is 312 g/mol. The molecule has 120 valence electrons. The largest absolute Gasteiger partial charge is 0.358 e. The Balaban J connectivity index is 1.65. The number of rotatable bonds is 3. The van der Waals surface area contributed by atoms with Crippen LogP contribution >= 0.6 is 0 Å². The number of para-hydroxylation sites is 1. The van der Waals surface area contributed by atoms with Crippen LogP contribution in [0.1, 0.15) is 10.5 Å². The van der Waals surface area contributed by atoms with Crippen LogP contribution in [-0.4, -0.2) is 66.4 Å². The topological polar surface area (TPSA) is 65.5 Å². The highest BCUT2D eigenvalue weighted by molar-refractivity contribution is 5.95. The number of benzene rings is 1. The van der Waals surface area contributed by atoms with Crippen LogP contribution in [0.25, 0.3) is 10.9 Å². The van der Waals surface area contributed by atoms with Crippen molar-refractivity contribution in [2.24, 2.45) is 0 Å². The van der Waals surface area contributed by atoms with Crippen molar-refractivity contribution in [2.75, 3.05) is 39.8 Å². The molecule has 0 bridgehead atoms. The molecule has 1 aliphatic heterocycles. The lowest BCUT2D eigenvalue weighted by Gasteiger charge is -2.34. The molecule has 6 heteroatoms. The number of aromatic nitrogens is 1. The molecule has 0 atom stereocenters. The molecule has 23 heavy (non-hydrogen) atoms. The number of nitrogens with zero attached hydrogens (tertiary/aromatic N) is 3. The van der Waals surface area contributed by atoms with Crippen LogP contribution in [0, 0.1) is 0 Å². The van der Waals surface area contributed by atoms with E-state index >= 15 is 0 Å². The Labute approximate surface area is 135 Å². The minimum absolute atomic E-state index is 0.000900. The van der Waals surface area contributed by atoms with Gasteiger partial charge in [-0.25, -0.2) is 4.98 Å². The van der Waals surface area contributed by atoms with E-state index in [1.165, 1.54) is 0 Å². The third-order valence-corrected chi connectivity index (χ3v) is 4.12. The molecule has 0 aliphatic carbocycles. The van der Waals surface area contributed by atoms with Gasteiger partial charge in [0.25, 0.3) is 5.91 Å². The Morgan fingerprint density at radius 3 is 2.57 bits per heavy atom. The summed E-state index contributed by atoms with van der Waals surface area (Å²) in [5, 5.41) is 3.65. The predicted octanol–water partition coefficient (Wildman–Crippen LogP) is 0.739. The molecular weight excluding hydrogens is 292 g/mol. The van der Waals surface area contributed by atoms with Gasteiger partial charge < -0.3 is 10.2 Å². The second kappa shape index (κ2) is 6.75. The molecule has 1 aliphatic rings. The SMILES string of the molecule is CNC(=O)CN1CCN(C(=O)c2ccc3ccccc3n2)CC1. The fraction of sp³-hybridized carbons (Fsp3) is 0.353. The van der Waals surface area contributed by atoms with Crippen LogP contribution in [0.4, 0.5) is 0 Å². The Bertz CT molecular complexity index is 723. The standard InChI is InChI=1S/C17H20N4O2/c1-18-16(22)12-20-8-10-21(11-9-20)17(23)15-7-6-13-4-2-3-5-14(13)19-15/h2-7H,8-12H2,1H3,(H,18,22). The van der Waals surface area contributed by atoms with Gasteiger partial charge in [-0.05, 0) is 12.1 Å². The highest BCUT2D eigenvalue weighted by atomic mass is 16.2. The second-order valence-corrected chi connectivity index (χ2v) is 5.63. The van der Waals surface area contributed by atoms with E-state index < -0.39 is 0 Å². The highest BCUT2D eigenvalue weighted by Crippen LogP contribution is 2.14. The lowest BCUT2D eigenvalue weighted by molar-refractivity contribution is -0.122. The Hall–Kier alpha value is -2.47. The van der Waals surface area contributed by atoms with Gasteiger partial charge in [0.05, 0.1) is 12.1 Å². The van der Waals surface area contributed by atoms with Gasteiger partial charge in [0, 0.05) is 38.6 Å². The molecule has 1 N–H and O–H groups in total. The molecule has 2 heterocycles. The smallest absolute Gasteiger partial charge is 0.272 e. The number of likely N-dealkylation sites (N-methyl/N-ethyl adjacent to an activating group) is 1. The summed E-state index contributed by atoms with van der Waals surface area (Å²) in [7, 11) is 1.63. The van der Waals surface area contributed by atoms with Gasteiger partial charge in [-0.3, -0.25) is 14.5 Å². The van der Waals surface area contributed by atoms with Crippen molar-refractivity contribution in [2.45, 2.75) is 0 Å². The summed E-state index contributed by atoms with van der Waals surface area (Å²) in [6.07, 6.45) is 0. The molecule has 2 aromatic rings. The first-order chi connectivity index (χ1) is 11.2. The summed E-state index contributed by atoms with van der Waals surface area (Å²) in [5.74, 6) is -0.0451. The van der Waals surface area contributed by atoms with Gasteiger partial charge in [0.1, 0.15) is 5.69 Å². The van der Waals surface area contributed by atoms with Crippen LogP contribution in [0.3, 0.4) is 0 Å². The number of fused-ring (bicyclic) bond motifs is 1. The van der Waals surface area contributed by atoms with Crippen molar-refractivity contribution in [1.29, 1.82) is 0 Å². The average molecular weight is 312 g/mol. The molecule has 0 radical (unpaired) electrons. The summed E-state index contributed by atoms with van der Waals surface area (Å²) < 4.78 is 0.